The second-order valence-electron chi connectivity index (χ2n) is 6.24. The number of anilines is 1. The first-order valence-corrected chi connectivity index (χ1v) is 8.52. The average molecular weight is 317 g/mol. The first kappa shape index (κ1) is 17.5. The summed E-state index contributed by atoms with van der Waals surface area (Å²) in [7, 11) is 0. The van der Waals surface area contributed by atoms with Crippen LogP contribution in [-0.2, 0) is 16.1 Å². The van der Waals surface area contributed by atoms with Gasteiger partial charge in [-0.15, -0.1) is 0 Å². The minimum absolute atomic E-state index is 0.0618. The molecule has 2 amide bonds. The van der Waals surface area contributed by atoms with E-state index in [4.69, 9.17) is 5.73 Å². The van der Waals surface area contributed by atoms with Crippen molar-refractivity contribution in [2.45, 2.75) is 58.0 Å². The summed E-state index contributed by atoms with van der Waals surface area (Å²) in [5.74, 6) is -0.185. The minimum Gasteiger partial charge on any atom is -0.368 e. The number of benzene rings is 1. The van der Waals surface area contributed by atoms with E-state index in [0.717, 1.165) is 49.9 Å². The van der Waals surface area contributed by atoms with Crippen LogP contribution in [0.4, 0.5) is 5.69 Å². The number of nitrogens with one attached hydrogen (secondary N) is 1. The quantitative estimate of drug-likeness (QED) is 0.724. The van der Waals surface area contributed by atoms with Crippen molar-refractivity contribution >= 4 is 17.5 Å². The molecule has 1 aromatic carbocycles. The number of primary amides is 1. The van der Waals surface area contributed by atoms with Crippen LogP contribution in [0.5, 0.6) is 0 Å². The second kappa shape index (κ2) is 8.67. The van der Waals surface area contributed by atoms with E-state index in [0.29, 0.717) is 13.0 Å². The molecule has 0 unspecified atom stereocenters. The zero-order chi connectivity index (χ0) is 16.7. The first-order chi connectivity index (χ1) is 11.1. The van der Waals surface area contributed by atoms with Gasteiger partial charge in [0.2, 0.25) is 11.8 Å². The van der Waals surface area contributed by atoms with Crippen molar-refractivity contribution in [1.29, 1.82) is 0 Å². The third-order valence-electron chi connectivity index (χ3n) is 4.30. The maximum absolute atomic E-state index is 11.9. The molecule has 0 spiro atoms. The number of rotatable bonds is 8. The average Bonchev–Trinajstić information content (AvgIpc) is 2.96. The van der Waals surface area contributed by atoms with E-state index in [1.54, 1.807) is 0 Å². The van der Waals surface area contributed by atoms with E-state index < -0.39 is 0 Å². The molecule has 2 rings (SSSR count). The summed E-state index contributed by atoms with van der Waals surface area (Å²) in [5, 5.41) is 2.95. The summed E-state index contributed by atoms with van der Waals surface area (Å²) >= 11 is 0. The lowest BCUT2D eigenvalue weighted by Crippen LogP contribution is -2.39. The topological polar surface area (TPSA) is 75.4 Å². The fourth-order valence-corrected chi connectivity index (χ4v) is 3.08. The Hall–Kier alpha value is -1.88. The van der Waals surface area contributed by atoms with E-state index in [9.17, 15) is 9.59 Å². The predicted molar refractivity (Wildman–Crippen MR) is 91.8 cm³/mol. The Morgan fingerprint density at radius 1 is 1.35 bits per heavy atom. The maximum Gasteiger partial charge on any atom is 0.234 e. The highest BCUT2D eigenvalue weighted by atomic mass is 16.2. The Morgan fingerprint density at radius 3 is 2.91 bits per heavy atom. The zero-order valence-corrected chi connectivity index (χ0v) is 13.9. The summed E-state index contributed by atoms with van der Waals surface area (Å²) in [6.45, 7) is 3.70. The molecule has 0 aliphatic carbocycles. The van der Waals surface area contributed by atoms with Crippen LogP contribution in [0.15, 0.2) is 24.3 Å². The van der Waals surface area contributed by atoms with Crippen molar-refractivity contribution in [2.24, 2.45) is 5.73 Å². The molecule has 0 saturated carbocycles. The maximum atomic E-state index is 11.9. The molecule has 1 aliphatic rings. The molecule has 3 N–H and O–H groups in total. The van der Waals surface area contributed by atoms with Gasteiger partial charge in [0.25, 0.3) is 0 Å². The third-order valence-corrected chi connectivity index (χ3v) is 4.30. The fourth-order valence-electron chi connectivity index (χ4n) is 3.08. The lowest BCUT2D eigenvalue weighted by atomic mass is 10.1. The minimum atomic E-state index is -0.247. The van der Waals surface area contributed by atoms with Gasteiger partial charge in [0, 0.05) is 18.7 Å². The number of amides is 2. The predicted octanol–water partition coefficient (Wildman–Crippen LogP) is 2.66. The lowest BCUT2D eigenvalue weighted by Gasteiger charge is -2.22. The van der Waals surface area contributed by atoms with Gasteiger partial charge in [-0.25, -0.2) is 0 Å². The number of unbranched alkanes of at least 4 members (excludes halogenated alkanes) is 2. The first-order valence-electron chi connectivity index (χ1n) is 8.52. The molecule has 23 heavy (non-hydrogen) atoms. The van der Waals surface area contributed by atoms with E-state index >= 15 is 0 Å². The van der Waals surface area contributed by atoms with Crippen LogP contribution in [0.2, 0.25) is 0 Å². The Kier molecular flexibility index (Phi) is 6.59. The number of nitrogens with zero attached hydrogens (tertiary/aromatic N) is 1. The highest BCUT2D eigenvalue weighted by Crippen LogP contribution is 2.21. The summed E-state index contributed by atoms with van der Waals surface area (Å²) in [6, 6.07) is 7.67. The summed E-state index contributed by atoms with van der Waals surface area (Å²) < 4.78 is 0. The molecular weight excluding hydrogens is 290 g/mol. The van der Waals surface area contributed by atoms with Crippen molar-refractivity contribution in [3.8, 4) is 0 Å². The molecule has 0 aromatic heterocycles. The largest absolute Gasteiger partial charge is 0.368 e. The molecule has 1 saturated heterocycles. The van der Waals surface area contributed by atoms with Crippen molar-refractivity contribution in [3.05, 3.63) is 29.8 Å². The van der Waals surface area contributed by atoms with E-state index in [2.05, 4.69) is 17.1 Å². The molecule has 1 atom stereocenters. The van der Waals surface area contributed by atoms with E-state index in [1.165, 1.54) is 0 Å². The Labute approximate surface area is 138 Å². The Bertz CT molecular complexity index is 545. The van der Waals surface area contributed by atoms with Crippen LogP contribution >= 0.6 is 0 Å². The zero-order valence-electron chi connectivity index (χ0n) is 13.9. The lowest BCUT2D eigenvalue weighted by molar-refractivity contribution is -0.122. The van der Waals surface area contributed by atoms with Gasteiger partial charge in [-0.2, -0.15) is 0 Å². The van der Waals surface area contributed by atoms with Gasteiger partial charge in [-0.05, 0) is 43.5 Å². The Morgan fingerprint density at radius 2 is 2.17 bits per heavy atom. The van der Waals surface area contributed by atoms with Gasteiger partial charge < -0.3 is 11.1 Å². The monoisotopic (exact) mass is 317 g/mol. The molecule has 0 radical (unpaired) electrons. The van der Waals surface area contributed by atoms with Gasteiger partial charge in [0.1, 0.15) is 0 Å². The molecule has 1 aliphatic heterocycles. The molecule has 1 fully saturated rings. The van der Waals surface area contributed by atoms with Gasteiger partial charge >= 0.3 is 0 Å². The number of hydrogen-bond donors (Lipinski definition) is 2. The Balaban J connectivity index is 1.92. The second-order valence-corrected chi connectivity index (χ2v) is 6.24. The van der Waals surface area contributed by atoms with Gasteiger partial charge in [0.15, 0.2) is 0 Å². The molecule has 1 heterocycles. The molecule has 5 nitrogen and oxygen atoms in total. The van der Waals surface area contributed by atoms with Crippen LogP contribution in [0.1, 0.15) is 51.0 Å². The molecule has 0 bridgehead atoms. The van der Waals surface area contributed by atoms with Gasteiger partial charge in [-0.3, -0.25) is 14.5 Å². The molecule has 126 valence electrons. The summed E-state index contributed by atoms with van der Waals surface area (Å²) in [6.07, 6.45) is 5.52. The van der Waals surface area contributed by atoms with E-state index in [1.807, 2.05) is 24.3 Å². The van der Waals surface area contributed by atoms with Gasteiger partial charge in [0.05, 0.1) is 6.04 Å². The summed E-state index contributed by atoms with van der Waals surface area (Å²) in [4.78, 5) is 25.5. The van der Waals surface area contributed by atoms with Crippen LogP contribution in [0.25, 0.3) is 0 Å². The number of nitrogens with two attached hydrogens (primary N) is 1. The molecule has 5 heteroatoms. The van der Waals surface area contributed by atoms with Crippen molar-refractivity contribution < 1.29 is 9.59 Å². The van der Waals surface area contributed by atoms with Crippen molar-refractivity contribution in [2.75, 3.05) is 11.9 Å². The number of hydrogen-bond acceptors (Lipinski definition) is 3. The van der Waals surface area contributed by atoms with Crippen LogP contribution in [0, 0.1) is 0 Å². The van der Waals surface area contributed by atoms with Crippen LogP contribution in [0.3, 0.4) is 0 Å². The van der Waals surface area contributed by atoms with Gasteiger partial charge in [-0.1, -0.05) is 31.9 Å². The smallest absolute Gasteiger partial charge is 0.234 e. The third kappa shape index (κ3) is 5.36. The van der Waals surface area contributed by atoms with Crippen LogP contribution in [-0.4, -0.2) is 29.3 Å². The number of carbonyl (C=O) groups excluding carboxylic acids is 2. The number of carbonyl (C=O) groups is 2. The highest BCUT2D eigenvalue weighted by molar-refractivity contribution is 5.90. The van der Waals surface area contributed by atoms with E-state index in [-0.39, 0.29) is 17.9 Å². The van der Waals surface area contributed by atoms with Crippen LogP contribution < -0.4 is 11.1 Å². The summed E-state index contributed by atoms with van der Waals surface area (Å²) in [5.41, 5.74) is 7.36. The normalized spacial score (nSPS) is 18.0. The van der Waals surface area contributed by atoms with Crippen molar-refractivity contribution in [3.63, 3.8) is 0 Å². The standard InChI is InChI=1S/C18H27N3O2/c1-2-3-4-10-17(22)20-15-8-5-7-14(12-15)13-21-11-6-9-16(21)18(19)23/h5,7-8,12,16H,2-4,6,9-11,13H2,1H3,(H2,19,23)(H,20,22)/t16-/m0/s1. The SMILES string of the molecule is CCCCCC(=O)Nc1cccc(CN2CCC[C@H]2C(N)=O)c1. The number of likely N-dealkylation sites (tertiary alicyclic amines) is 1. The van der Waals surface area contributed by atoms with Crippen molar-refractivity contribution in [1.82, 2.24) is 4.90 Å². The molecular formula is C18H27N3O2. The fraction of sp³-hybridized carbons (Fsp3) is 0.556. The highest BCUT2D eigenvalue weighted by Gasteiger charge is 2.28. The molecule has 1 aromatic rings.